The van der Waals surface area contributed by atoms with Gasteiger partial charge in [-0.2, -0.15) is 0 Å². The Morgan fingerprint density at radius 2 is 1.80 bits per heavy atom. The van der Waals surface area contributed by atoms with Crippen molar-refractivity contribution in [1.82, 2.24) is 13.9 Å². The zero-order chi connectivity index (χ0) is 20.2. The highest BCUT2D eigenvalue weighted by Crippen LogP contribution is 2.40. The molecule has 30 heavy (non-hydrogen) atoms. The highest BCUT2D eigenvalue weighted by atomic mass is 35.5. The van der Waals surface area contributed by atoms with Gasteiger partial charge >= 0.3 is 0 Å². The minimum Gasteiger partial charge on any atom is -0.351 e. The van der Waals surface area contributed by atoms with Crippen molar-refractivity contribution in [2.24, 2.45) is 7.05 Å². The summed E-state index contributed by atoms with van der Waals surface area (Å²) in [6.07, 6.45) is 3.54. The summed E-state index contributed by atoms with van der Waals surface area (Å²) in [4.78, 5) is 0.346. The maximum absolute atomic E-state index is 14.0. The SMILES string of the molecule is CNC1CCc2c1cc(-c1ccccc1)n2S(=O)(=O)c1cccc2c1ccn2C.Cl. The van der Waals surface area contributed by atoms with Crippen molar-refractivity contribution in [3.8, 4) is 11.3 Å². The van der Waals surface area contributed by atoms with Crippen LogP contribution in [0.3, 0.4) is 0 Å². The molecule has 2 aromatic heterocycles. The van der Waals surface area contributed by atoms with Crippen LogP contribution in [-0.2, 0) is 23.5 Å². The van der Waals surface area contributed by atoms with Crippen LogP contribution < -0.4 is 5.32 Å². The molecule has 1 N–H and O–H groups in total. The number of nitrogens with zero attached hydrogens (tertiary/aromatic N) is 2. The first kappa shape index (κ1) is 20.7. The molecule has 5 rings (SSSR count). The number of aryl methyl sites for hydroxylation is 1. The summed E-state index contributed by atoms with van der Waals surface area (Å²) in [6.45, 7) is 0. The second-order valence-electron chi connectivity index (χ2n) is 7.56. The highest BCUT2D eigenvalue weighted by Gasteiger charge is 2.33. The Hall–Kier alpha value is -2.54. The summed E-state index contributed by atoms with van der Waals surface area (Å²) in [5.41, 5.74) is 4.50. The number of benzene rings is 2. The van der Waals surface area contributed by atoms with Gasteiger partial charge in [-0.25, -0.2) is 12.4 Å². The lowest BCUT2D eigenvalue weighted by atomic mass is 10.1. The van der Waals surface area contributed by atoms with Gasteiger partial charge in [-0.1, -0.05) is 36.4 Å². The van der Waals surface area contributed by atoms with E-state index in [2.05, 4.69) is 5.32 Å². The normalized spacial score (nSPS) is 15.9. The molecule has 0 radical (unpaired) electrons. The van der Waals surface area contributed by atoms with Gasteiger partial charge in [0, 0.05) is 35.9 Å². The minimum atomic E-state index is -3.77. The molecule has 1 aliphatic rings. The molecule has 5 nitrogen and oxygen atoms in total. The Labute approximate surface area is 182 Å². The van der Waals surface area contributed by atoms with Gasteiger partial charge in [0.05, 0.1) is 10.6 Å². The van der Waals surface area contributed by atoms with Crippen LogP contribution in [0.1, 0.15) is 23.7 Å². The largest absolute Gasteiger partial charge is 0.351 e. The van der Waals surface area contributed by atoms with Crippen molar-refractivity contribution in [2.75, 3.05) is 7.05 Å². The van der Waals surface area contributed by atoms with E-state index in [0.717, 1.165) is 46.3 Å². The molecule has 0 amide bonds. The van der Waals surface area contributed by atoms with Crippen molar-refractivity contribution >= 4 is 33.3 Å². The molecule has 156 valence electrons. The van der Waals surface area contributed by atoms with Gasteiger partial charge in [0.25, 0.3) is 10.0 Å². The van der Waals surface area contributed by atoms with E-state index < -0.39 is 10.0 Å². The van der Waals surface area contributed by atoms with E-state index in [1.165, 1.54) is 0 Å². The molecule has 1 unspecified atom stereocenters. The molecule has 0 bridgehead atoms. The first-order valence-corrected chi connectivity index (χ1v) is 11.2. The Balaban J connectivity index is 0.00000218. The highest BCUT2D eigenvalue weighted by molar-refractivity contribution is 7.90. The van der Waals surface area contributed by atoms with Gasteiger partial charge in [-0.3, -0.25) is 0 Å². The molecule has 0 fully saturated rings. The van der Waals surface area contributed by atoms with E-state index in [-0.39, 0.29) is 18.4 Å². The van der Waals surface area contributed by atoms with E-state index >= 15 is 0 Å². The predicted molar refractivity (Wildman–Crippen MR) is 123 cm³/mol. The zero-order valence-corrected chi connectivity index (χ0v) is 18.5. The zero-order valence-electron chi connectivity index (χ0n) is 16.9. The van der Waals surface area contributed by atoms with E-state index in [9.17, 15) is 8.42 Å². The van der Waals surface area contributed by atoms with Crippen molar-refractivity contribution in [3.63, 3.8) is 0 Å². The monoisotopic (exact) mass is 441 g/mol. The lowest BCUT2D eigenvalue weighted by molar-refractivity contribution is 0.582. The van der Waals surface area contributed by atoms with E-state index in [4.69, 9.17) is 0 Å². The fourth-order valence-corrected chi connectivity index (χ4v) is 6.32. The van der Waals surface area contributed by atoms with Crippen LogP contribution in [0.2, 0.25) is 0 Å². The third kappa shape index (κ3) is 2.98. The lowest BCUT2D eigenvalue weighted by Gasteiger charge is -2.15. The standard InChI is InChI=1S/C23H23N3O2S.ClH/c1-24-19-11-12-21-18(19)15-22(16-7-4-3-5-8-16)26(21)29(27,28)23-10-6-9-20-17(23)13-14-25(20)2;/h3-10,13-15,19,24H,11-12H2,1-2H3;1H. The molecule has 1 aliphatic carbocycles. The number of nitrogens with one attached hydrogen (secondary N) is 1. The number of rotatable bonds is 4. The van der Waals surface area contributed by atoms with Crippen molar-refractivity contribution in [2.45, 2.75) is 23.8 Å². The van der Waals surface area contributed by atoms with Gasteiger partial charge < -0.3 is 9.88 Å². The molecule has 0 saturated heterocycles. The number of hydrogen-bond acceptors (Lipinski definition) is 3. The van der Waals surface area contributed by atoms with E-state index in [1.54, 1.807) is 10.0 Å². The first-order chi connectivity index (χ1) is 14.0. The average Bonchev–Trinajstić information content (AvgIpc) is 3.41. The topological polar surface area (TPSA) is 56.0 Å². The maximum atomic E-state index is 14.0. The lowest BCUT2D eigenvalue weighted by Crippen LogP contribution is -2.17. The van der Waals surface area contributed by atoms with Gasteiger partial charge in [-0.15, -0.1) is 12.4 Å². The molecule has 1 atom stereocenters. The third-order valence-electron chi connectivity index (χ3n) is 5.96. The summed E-state index contributed by atoms with van der Waals surface area (Å²) in [5.74, 6) is 0. The summed E-state index contributed by atoms with van der Waals surface area (Å²) in [7, 11) is 0.0896. The van der Waals surface area contributed by atoms with Crippen molar-refractivity contribution in [3.05, 3.63) is 78.1 Å². The van der Waals surface area contributed by atoms with Crippen LogP contribution in [0.5, 0.6) is 0 Å². The molecular formula is C23H24ClN3O2S. The van der Waals surface area contributed by atoms with Gasteiger partial charge in [0.1, 0.15) is 0 Å². The quantitative estimate of drug-likeness (QED) is 0.506. The average molecular weight is 442 g/mol. The van der Waals surface area contributed by atoms with Crippen LogP contribution in [0.4, 0.5) is 0 Å². The number of fused-ring (bicyclic) bond motifs is 2. The second kappa shape index (κ2) is 7.61. The van der Waals surface area contributed by atoms with Crippen LogP contribution in [0, 0.1) is 0 Å². The third-order valence-corrected chi connectivity index (χ3v) is 7.77. The summed E-state index contributed by atoms with van der Waals surface area (Å²) < 4.78 is 31.5. The fraction of sp³-hybridized carbons (Fsp3) is 0.217. The van der Waals surface area contributed by atoms with Gasteiger partial charge in [0.15, 0.2) is 0 Å². The smallest absolute Gasteiger partial charge is 0.269 e. The van der Waals surface area contributed by atoms with Crippen LogP contribution in [0.25, 0.3) is 22.2 Å². The molecule has 2 aromatic carbocycles. The Bertz CT molecular complexity index is 1320. The first-order valence-electron chi connectivity index (χ1n) is 9.79. The number of aromatic nitrogens is 2. The molecule has 0 saturated carbocycles. The fourth-order valence-electron chi connectivity index (χ4n) is 4.52. The van der Waals surface area contributed by atoms with Crippen LogP contribution in [-0.4, -0.2) is 24.0 Å². The van der Waals surface area contributed by atoms with Crippen LogP contribution in [0.15, 0.2) is 71.8 Å². The number of hydrogen-bond donors (Lipinski definition) is 1. The van der Waals surface area contributed by atoms with Gasteiger partial charge in [-0.05, 0) is 55.3 Å². The maximum Gasteiger partial charge on any atom is 0.269 e. The van der Waals surface area contributed by atoms with Gasteiger partial charge in [0.2, 0.25) is 0 Å². The summed E-state index contributed by atoms with van der Waals surface area (Å²) in [5, 5.41) is 4.07. The minimum absolute atomic E-state index is 0. The molecule has 7 heteroatoms. The molecule has 0 aliphatic heterocycles. The van der Waals surface area contributed by atoms with Crippen LogP contribution >= 0.6 is 12.4 Å². The molecule has 2 heterocycles. The number of halogens is 1. The second-order valence-corrected chi connectivity index (χ2v) is 9.32. The molecular weight excluding hydrogens is 418 g/mol. The molecule has 0 spiro atoms. The summed E-state index contributed by atoms with van der Waals surface area (Å²) >= 11 is 0. The van der Waals surface area contributed by atoms with Crippen molar-refractivity contribution < 1.29 is 8.42 Å². The Kier molecular flexibility index (Phi) is 5.26. The molecule has 4 aromatic rings. The van der Waals surface area contributed by atoms with Crippen molar-refractivity contribution in [1.29, 1.82) is 0 Å². The van der Waals surface area contributed by atoms with E-state index in [1.807, 2.05) is 79.5 Å². The Morgan fingerprint density at radius 3 is 2.53 bits per heavy atom. The predicted octanol–water partition coefficient (Wildman–Crippen LogP) is 4.51. The Morgan fingerprint density at radius 1 is 1.03 bits per heavy atom. The van der Waals surface area contributed by atoms with E-state index in [0.29, 0.717) is 4.90 Å². The summed E-state index contributed by atoms with van der Waals surface area (Å²) in [6, 6.07) is 19.3.